The Bertz CT molecular complexity index is 285. The van der Waals surface area contributed by atoms with Gasteiger partial charge in [-0.2, -0.15) is 0 Å². The van der Waals surface area contributed by atoms with E-state index in [0.717, 1.165) is 17.7 Å². The number of benzene rings is 1. The average Bonchev–Trinajstić information content (AvgIpc) is 2.04. The standard InChI is InChI=1S/C10H13NO/c1-7-6-9(11)8-4-2-3-5-10(8)12-7/h2-5,7,9H,6,11H2,1H3/t7-,9-/m1/s1. The highest BCUT2D eigenvalue weighted by Gasteiger charge is 2.21. The summed E-state index contributed by atoms with van der Waals surface area (Å²) in [6.07, 6.45) is 1.16. The molecule has 0 amide bonds. The largest absolute Gasteiger partial charge is 0.490 e. The van der Waals surface area contributed by atoms with E-state index in [1.807, 2.05) is 24.3 Å². The summed E-state index contributed by atoms with van der Waals surface area (Å²) in [5.41, 5.74) is 7.09. The highest BCUT2D eigenvalue weighted by molar-refractivity contribution is 5.37. The van der Waals surface area contributed by atoms with Crippen molar-refractivity contribution in [3.05, 3.63) is 29.8 Å². The lowest BCUT2D eigenvalue weighted by molar-refractivity contribution is 0.177. The zero-order valence-electron chi connectivity index (χ0n) is 7.16. The third-order valence-electron chi connectivity index (χ3n) is 2.23. The Labute approximate surface area is 72.3 Å². The molecule has 64 valence electrons. The maximum atomic E-state index is 5.96. The first kappa shape index (κ1) is 7.62. The molecule has 2 N–H and O–H groups in total. The van der Waals surface area contributed by atoms with Gasteiger partial charge in [-0.15, -0.1) is 0 Å². The van der Waals surface area contributed by atoms with Crippen molar-refractivity contribution >= 4 is 0 Å². The summed E-state index contributed by atoms with van der Waals surface area (Å²) in [5, 5.41) is 0. The van der Waals surface area contributed by atoms with Crippen molar-refractivity contribution in [2.75, 3.05) is 0 Å². The van der Waals surface area contributed by atoms with Crippen LogP contribution in [0.4, 0.5) is 0 Å². The van der Waals surface area contributed by atoms with E-state index in [4.69, 9.17) is 10.5 Å². The third-order valence-corrected chi connectivity index (χ3v) is 2.23. The first-order valence-electron chi connectivity index (χ1n) is 4.28. The van der Waals surface area contributed by atoms with Gasteiger partial charge in [0.15, 0.2) is 0 Å². The summed E-state index contributed by atoms with van der Waals surface area (Å²) in [4.78, 5) is 0. The Morgan fingerprint density at radius 1 is 1.42 bits per heavy atom. The second kappa shape index (κ2) is 2.79. The minimum atomic E-state index is 0.143. The van der Waals surface area contributed by atoms with Crippen LogP contribution in [0.5, 0.6) is 5.75 Å². The van der Waals surface area contributed by atoms with Crippen LogP contribution >= 0.6 is 0 Å². The molecule has 2 atom stereocenters. The van der Waals surface area contributed by atoms with Crippen molar-refractivity contribution in [2.45, 2.75) is 25.5 Å². The van der Waals surface area contributed by atoms with Gasteiger partial charge in [-0.3, -0.25) is 0 Å². The van der Waals surface area contributed by atoms with Crippen LogP contribution in [0.1, 0.15) is 24.9 Å². The molecule has 1 aliphatic rings. The first-order chi connectivity index (χ1) is 5.77. The van der Waals surface area contributed by atoms with E-state index in [1.54, 1.807) is 0 Å². The lowest BCUT2D eigenvalue weighted by Crippen LogP contribution is -2.26. The average molecular weight is 163 g/mol. The van der Waals surface area contributed by atoms with Crippen molar-refractivity contribution in [3.8, 4) is 5.75 Å². The summed E-state index contributed by atoms with van der Waals surface area (Å²) < 4.78 is 5.62. The molecule has 1 aliphatic heterocycles. The Kier molecular flexibility index (Phi) is 1.77. The van der Waals surface area contributed by atoms with Gasteiger partial charge in [-0.25, -0.2) is 0 Å². The van der Waals surface area contributed by atoms with Crippen LogP contribution in [0.25, 0.3) is 0 Å². The van der Waals surface area contributed by atoms with Crippen molar-refractivity contribution in [3.63, 3.8) is 0 Å². The molecule has 1 aromatic rings. The molecule has 0 aromatic heterocycles. The van der Waals surface area contributed by atoms with E-state index in [2.05, 4.69) is 6.92 Å². The Morgan fingerprint density at radius 3 is 3.00 bits per heavy atom. The molecule has 0 fully saturated rings. The topological polar surface area (TPSA) is 35.2 Å². The fraction of sp³-hybridized carbons (Fsp3) is 0.400. The van der Waals surface area contributed by atoms with Gasteiger partial charge in [0.2, 0.25) is 0 Å². The molecular formula is C10H13NO. The SMILES string of the molecule is C[C@@H]1C[C@@H](N)c2ccccc2O1. The molecule has 0 spiro atoms. The van der Waals surface area contributed by atoms with Gasteiger partial charge >= 0.3 is 0 Å². The van der Waals surface area contributed by atoms with Gasteiger partial charge in [-0.05, 0) is 13.0 Å². The Balaban J connectivity index is 2.40. The van der Waals surface area contributed by atoms with Gasteiger partial charge in [-0.1, -0.05) is 18.2 Å². The highest BCUT2D eigenvalue weighted by atomic mass is 16.5. The third kappa shape index (κ3) is 1.18. The molecular weight excluding hydrogens is 150 g/mol. The van der Waals surface area contributed by atoms with Gasteiger partial charge in [0.1, 0.15) is 5.75 Å². The number of ether oxygens (including phenoxy) is 1. The summed E-state index contributed by atoms with van der Waals surface area (Å²) in [6, 6.07) is 8.13. The quantitative estimate of drug-likeness (QED) is 0.633. The van der Waals surface area contributed by atoms with E-state index in [-0.39, 0.29) is 12.1 Å². The van der Waals surface area contributed by atoms with Crippen LogP contribution in [-0.2, 0) is 0 Å². The molecule has 0 unspecified atom stereocenters. The molecule has 2 rings (SSSR count). The number of rotatable bonds is 0. The lowest BCUT2D eigenvalue weighted by atomic mass is 9.98. The van der Waals surface area contributed by atoms with E-state index in [1.165, 1.54) is 0 Å². The number of fused-ring (bicyclic) bond motifs is 1. The van der Waals surface area contributed by atoms with E-state index < -0.39 is 0 Å². The van der Waals surface area contributed by atoms with Crippen LogP contribution in [0.2, 0.25) is 0 Å². The normalized spacial score (nSPS) is 27.5. The molecule has 2 heteroatoms. The van der Waals surface area contributed by atoms with Crippen molar-refractivity contribution in [2.24, 2.45) is 5.73 Å². The maximum Gasteiger partial charge on any atom is 0.124 e. The van der Waals surface area contributed by atoms with Crippen LogP contribution < -0.4 is 10.5 Å². The zero-order chi connectivity index (χ0) is 8.55. The molecule has 0 bridgehead atoms. The summed E-state index contributed by atoms with van der Waals surface area (Å²) >= 11 is 0. The highest BCUT2D eigenvalue weighted by Crippen LogP contribution is 2.32. The van der Waals surface area contributed by atoms with Gasteiger partial charge in [0.25, 0.3) is 0 Å². The summed E-state index contributed by atoms with van der Waals surface area (Å²) in [5.74, 6) is 0.948. The van der Waals surface area contributed by atoms with Crippen molar-refractivity contribution < 1.29 is 4.74 Å². The number of para-hydroxylation sites is 1. The second-order valence-electron chi connectivity index (χ2n) is 3.31. The van der Waals surface area contributed by atoms with E-state index in [0.29, 0.717) is 0 Å². The molecule has 12 heavy (non-hydrogen) atoms. The summed E-state index contributed by atoms with van der Waals surface area (Å²) in [6.45, 7) is 2.05. The lowest BCUT2D eigenvalue weighted by Gasteiger charge is -2.27. The molecule has 2 nitrogen and oxygen atoms in total. The molecule has 0 saturated carbocycles. The van der Waals surface area contributed by atoms with Crippen molar-refractivity contribution in [1.29, 1.82) is 0 Å². The first-order valence-corrected chi connectivity index (χ1v) is 4.28. The smallest absolute Gasteiger partial charge is 0.124 e. The van der Waals surface area contributed by atoms with E-state index in [9.17, 15) is 0 Å². The zero-order valence-corrected chi connectivity index (χ0v) is 7.16. The predicted octanol–water partition coefficient (Wildman–Crippen LogP) is 1.86. The molecule has 1 aromatic carbocycles. The van der Waals surface area contributed by atoms with Crippen molar-refractivity contribution in [1.82, 2.24) is 0 Å². The van der Waals surface area contributed by atoms with Crippen LogP contribution in [0, 0.1) is 0 Å². The Morgan fingerprint density at radius 2 is 2.17 bits per heavy atom. The van der Waals surface area contributed by atoms with Gasteiger partial charge in [0.05, 0.1) is 6.10 Å². The maximum absolute atomic E-state index is 5.96. The van der Waals surface area contributed by atoms with E-state index >= 15 is 0 Å². The monoisotopic (exact) mass is 163 g/mol. The fourth-order valence-electron chi connectivity index (χ4n) is 1.64. The van der Waals surface area contributed by atoms with Crippen LogP contribution in [0.3, 0.4) is 0 Å². The molecule has 1 heterocycles. The number of nitrogens with two attached hydrogens (primary N) is 1. The van der Waals surface area contributed by atoms with Gasteiger partial charge in [0, 0.05) is 18.0 Å². The molecule has 0 saturated heterocycles. The fourth-order valence-corrected chi connectivity index (χ4v) is 1.64. The molecule has 0 aliphatic carbocycles. The van der Waals surface area contributed by atoms with Gasteiger partial charge < -0.3 is 10.5 Å². The predicted molar refractivity (Wildman–Crippen MR) is 48.1 cm³/mol. The van der Waals surface area contributed by atoms with Crippen LogP contribution in [0.15, 0.2) is 24.3 Å². The minimum absolute atomic E-state index is 0.143. The second-order valence-corrected chi connectivity index (χ2v) is 3.31. The summed E-state index contributed by atoms with van der Waals surface area (Å²) in [7, 11) is 0. The minimum Gasteiger partial charge on any atom is -0.490 e. The number of hydrogen-bond acceptors (Lipinski definition) is 2. The van der Waals surface area contributed by atoms with Crippen LogP contribution in [-0.4, -0.2) is 6.10 Å². The number of hydrogen-bond donors (Lipinski definition) is 1. The Hall–Kier alpha value is -1.02. The molecule has 0 radical (unpaired) electrons.